The van der Waals surface area contributed by atoms with Crippen molar-refractivity contribution < 1.29 is 14.6 Å². The molecule has 0 radical (unpaired) electrons. The summed E-state index contributed by atoms with van der Waals surface area (Å²) >= 11 is 3.34. The SMILES string of the molecule is CCc1cc(Br)c(OC)c(C(N)C(=O)O)c1. The van der Waals surface area contributed by atoms with Gasteiger partial charge in [-0.25, -0.2) is 0 Å². The average molecular weight is 288 g/mol. The molecule has 0 aliphatic carbocycles. The Morgan fingerprint density at radius 3 is 2.69 bits per heavy atom. The molecule has 1 aromatic rings. The van der Waals surface area contributed by atoms with Gasteiger partial charge in [0.25, 0.3) is 0 Å². The molecule has 0 aliphatic heterocycles. The number of ether oxygens (including phenoxy) is 1. The van der Waals surface area contributed by atoms with Crippen molar-refractivity contribution in [3.8, 4) is 5.75 Å². The van der Waals surface area contributed by atoms with Crippen molar-refractivity contribution in [1.29, 1.82) is 0 Å². The number of hydrogen-bond donors (Lipinski definition) is 2. The van der Waals surface area contributed by atoms with Crippen LogP contribution in [0.5, 0.6) is 5.75 Å². The zero-order valence-corrected chi connectivity index (χ0v) is 10.7. The van der Waals surface area contributed by atoms with Crippen LogP contribution >= 0.6 is 15.9 Å². The Labute approximate surface area is 103 Å². The van der Waals surface area contributed by atoms with Crippen molar-refractivity contribution in [3.05, 3.63) is 27.7 Å². The number of carboxylic acids is 1. The lowest BCUT2D eigenvalue weighted by atomic mass is 10.0. The summed E-state index contributed by atoms with van der Waals surface area (Å²) in [5, 5.41) is 8.91. The average Bonchev–Trinajstić information content (AvgIpc) is 2.26. The number of carboxylic acid groups (broad SMARTS) is 1. The fraction of sp³-hybridized carbons (Fsp3) is 0.364. The molecule has 0 heterocycles. The van der Waals surface area contributed by atoms with Crippen LogP contribution in [0.4, 0.5) is 0 Å². The zero-order valence-electron chi connectivity index (χ0n) is 9.16. The van der Waals surface area contributed by atoms with Crippen molar-refractivity contribution in [1.82, 2.24) is 0 Å². The Hall–Kier alpha value is -1.07. The minimum Gasteiger partial charge on any atom is -0.495 e. The first-order valence-corrected chi connectivity index (χ1v) is 5.65. The van der Waals surface area contributed by atoms with E-state index in [0.717, 1.165) is 16.5 Å². The molecule has 1 unspecified atom stereocenters. The lowest BCUT2D eigenvalue weighted by Crippen LogP contribution is -2.21. The molecule has 0 amide bonds. The molecule has 0 saturated carbocycles. The van der Waals surface area contributed by atoms with E-state index in [2.05, 4.69) is 15.9 Å². The highest BCUT2D eigenvalue weighted by atomic mass is 79.9. The highest BCUT2D eigenvalue weighted by molar-refractivity contribution is 9.10. The fourth-order valence-corrected chi connectivity index (χ4v) is 2.14. The Kier molecular flexibility index (Phi) is 4.32. The molecule has 1 rings (SSSR count). The first-order valence-electron chi connectivity index (χ1n) is 4.86. The van der Waals surface area contributed by atoms with Gasteiger partial charge in [-0.3, -0.25) is 4.79 Å². The van der Waals surface area contributed by atoms with Gasteiger partial charge in [-0.05, 0) is 40.0 Å². The van der Waals surface area contributed by atoms with Gasteiger partial charge in [0.05, 0.1) is 11.6 Å². The molecule has 0 aromatic heterocycles. The lowest BCUT2D eigenvalue weighted by Gasteiger charge is -2.15. The highest BCUT2D eigenvalue weighted by Crippen LogP contribution is 2.33. The Morgan fingerprint density at radius 2 is 2.25 bits per heavy atom. The van der Waals surface area contributed by atoms with E-state index in [1.807, 2.05) is 13.0 Å². The summed E-state index contributed by atoms with van der Waals surface area (Å²) in [6, 6.07) is 2.59. The molecule has 16 heavy (non-hydrogen) atoms. The van der Waals surface area contributed by atoms with Crippen LogP contribution in [0, 0.1) is 0 Å². The largest absolute Gasteiger partial charge is 0.495 e. The molecule has 0 fully saturated rings. The number of halogens is 1. The smallest absolute Gasteiger partial charge is 0.325 e. The number of carbonyl (C=O) groups is 1. The predicted octanol–water partition coefficient (Wildman–Crippen LogP) is 2.10. The summed E-state index contributed by atoms with van der Waals surface area (Å²) in [4.78, 5) is 10.9. The van der Waals surface area contributed by atoms with Gasteiger partial charge in [-0.1, -0.05) is 6.92 Å². The zero-order chi connectivity index (χ0) is 12.3. The van der Waals surface area contributed by atoms with Gasteiger partial charge in [0.15, 0.2) is 0 Å². The first kappa shape index (κ1) is 13.0. The molecular weight excluding hydrogens is 274 g/mol. The van der Waals surface area contributed by atoms with E-state index >= 15 is 0 Å². The molecule has 0 spiro atoms. The summed E-state index contributed by atoms with van der Waals surface area (Å²) < 4.78 is 5.88. The number of rotatable bonds is 4. The molecule has 3 N–H and O–H groups in total. The van der Waals surface area contributed by atoms with Gasteiger partial charge in [-0.2, -0.15) is 0 Å². The molecule has 0 saturated heterocycles. The third-order valence-electron chi connectivity index (χ3n) is 2.35. The van der Waals surface area contributed by atoms with Gasteiger partial charge in [0.2, 0.25) is 0 Å². The number of aryl methyl sites for hydroxylation is 1. The van der Waals surface area contributed by atoms with Crippen molar-refractivity contribution in [2.75, 3.05) is 7.11 Å². The number of nitrogens with two attached hydrogens (primary N) is 1. The Balaban J connectivity index is 3.33. The number of hydrogen-bond acceptors (Lipinski definition) is 3. The second kappa shape index (κ2) is 5.32. The number of benzene rings is 1. The van der Waals surface area contributed by atoms with Crippen LogP contribution in [0.25, 0.3) is 0 Å². The molecular formula is C11H14BrNO3. The number of methoxy groups -OCH3 is 1. The quantitative estimate of drug-likeness (QED) is 0.890. The van der Waals surface area contributed by atoms with Crippen molar-refractivity contribution in [2.45, 2.75) is 19.4 Å². The maximum atomic E-state index is 10.9. The van der Waals surface area contributed by atoms with Gasteiger partial charge < -0.3 is 15.6 Å². The van der Waals surface area contributed by atoms with E-state index in [9.17, 15) is 4.79 Å². The summed E-state index contributed by atoms with van der Waals surface area (Å²) in [6.45, 7) is 1.99. The second-order valence-electron chi connectivity index (χ2n) is 3.37. The van der Waals surface area contributed by atoms with Gasteiger partial charge in [-0.15, -0.1) is 0 Å². The van der Waals surface area contributed by atoms with Gasteiger partial charge in [0, 0.05) is 5.56 Å². The highest BCUT2D eigenvalue weighted by Gasteiger charge is 2.21. The van der Waals surface area contributed by atoms with Crippen LogP contribution in [0.3, 0.4) is 0 Å². The van der Waals surface area contributed by atoms with Crippen LogP contribution in [0.2, 0.25) is 0 Å². The van der Waals surface area contributed by atoms with E-state index in [4.69, 9.17) is 15.6 Å². The topological polar surface area (TPSA) is 72.5 Å². The molecule has 4 nitrogen and oxygen atoms in total. The van der Waals surface area contributed by atoms with Crippen LogP contribution < -0.4 is 10.5 Å². The maximum Gasteiger partial charge on any atom is 0.325 e. The summed E-state index contributed by atoms with van der Waals surface area (Å²) in [7, 11) is 1.49. The summed E-state index contributed by atoms with van der Waals surface area (Å²) in [6.07, 6.45) is 0.807. The minimum atomic E-state index is -1.07. The van der Waals surface area contributed by atoms with Crippen LogP contribution in [0.15, 0.2) is 16.6 Å². The summed E-state index contributed by atoms with van der Waals surface area (Å²) in [5.41, 5.74) is 7.11. The third-order valence-corrected chi connectivity index (χ3v) is 2.93. The lowest BCUT2D eigenvalue weighted by molar-refractivity contribution is -0.138. The molecule has 5 heteroatoms. The van der Waals surface area contributed by atoms with Crippen molar-refractivity contribution in [2.24, 2.45) is 5.73 Å². The van der Waals surface area contributed by atoms with Crippen molar-refractivity contribution >= 4 is 21.9 Å². The van der Waals surface area contributed by atoms with E-state index in [1.54, 1.807) is 6.07 Å². The monoisotopic (exact) mass is 287 g/mol. The van der Waals surface area contributed by atoms with Crippen LogP contribution in [-0.4, -0.2) is 18.2 Å². The molecule has 0 aliphatic rings. The molecule has 0 bridgehead atoms. The number of aliphatic carboxylic acids is 1. The second-order valence-corrected chi connectivity index (χ2v) is 4.22. The van der Waals surface area contributed by atoms with Gasteiger partial charge >= 0.3 is 5.97 Å². The Bertz CT molecular complexity index is 406. The molecule has 1 atom stereocenters. The Morgan fingerprint density at radius 1 is 1.62 bits per heavy atom. The minimum absolute atomic E-state index is 0.479. The normalized spacial score (nSPS) is 12.2. The van der Waals surface area contributed by atoms with E-state index < -0.39 is 12.0 Å². The standard InChI is InChI=1S/C11H14BrNO3/c1-3-6-4-7(9(13)11(14)15)10(16-2)8(12)5-6/h4-5,9H,3,13H2,1-2H3,(H,14,15). The predicted molar refractivity (Wildman–Crippen MR) is 64.6 cm³/mol. The van der Waals surface area contributed by atoms with E-state index in [1.165, 1.54) is 7.11 Å². The summed E-state index contributed by atoms with van der Waals surface area (Å²) in [5.74, 6) is -0.592. The van der Waals surface area contributed by atoms with Crippen LogP contribution in [-0.2, 0) is 11.2 Å². The maximum absolute atomic E-state index is 10.9. The van der Waals surface area contributed by atoms with Gasteiger partial charge in [0.1, 0.15) is 11.8 Å². The van der Waals surface area contributed by atoms with E-state index in [-0.39, 0.29) is 0 Å². The van der Waals surface area contributed by atoms with Crippen LogP contribution in [0.1, 0.15) is 24.1 Å². The fourth-order valence-electron chi connectivity index (χ4n) is 1.46. The third kappa shape index (κ3) is 2.54. The molecule has 1 aromatic carbocycles. The molecule has 88 valence electrons. The van der Waals surface area contributed by atoms with E-state index in [0.29, 0.717) is 11.3 Å². The van der Waals surface area contributed by atoms with Crippen molar-refractivity contribution in [3.63, 3.8) is 0 Å². The first-order chi connectivity index (χ1) is 7.51.